The SMILES string of the molecule is O=C(NCCO)Nc1csnn1. The normalized spacial score (nSPS) is 9.42. The van der Waals surface area contributed by atoms with Crippen LogP contribution in [0, 0.1) is 0 Å². The summed E-state index contributed by atoms with van der Waals surface area (Å²) >= 11 is 1.15. The molecular formula is C5H8N4O2S. The van der Waals surface area contributed by atoms with Gasteiger partial charge in [-0.2, -0.15) is 0 Å². The number of hydrogen-bond donors (Lipinski definition) is 3. The number of anilines is 1. The maximum atomic E-state index is 10.9. The molecule has 0 saturated heterocycles. The lowest BCUT2D eigenvalue weighted by atomic mass is 10.7. The fraction of sp³-hybridized carbons (Fsp3) is 0.400. The molecule has 0 bridgehead atoms. The first-order chi connectivity index (χ1) is 5.83. The Morgan fingerprint density at radius 2 is 2.58 bits per heavy atom. The number of amides is 2. The summed E-state index contributed by atoms with van der Waals surface area (Å²) in [5.74, 6) is 0.412. The van der Waals surface area contributed by atoms with Crippen LogP contribution in [0.25, 0.3) is 0 Å². The highest BCUT2D eigenvalue weighted by Gasteiger charge is 2.01. The van der Waals surface area contributed by atoms with Gasteiger partial charge in [0.1, 0.15) is 0 Å². The summed E-state index contributed by atoms with van der Waals surface area (Å²) < 4.78 is 3.56. The molecular weight excluding hydrogens is 180 g/mol. The van der Waals surface area contributed by atoms with E-state index in [1.165, 1.54) is 0 Å². The Morgan fingerprint density at radius 1 is 1.75 bits per heavy atom. The number of aliphatic hydroxyl groups excluding tert-OH is 1. The molecule has 1 rings (SSSR count). The lowest BCUT2D eigenvalue weighted by Gasteiger charge is -2.01. The molecule has 1 aromatic rings. The predicted octanol–water partition coefficient (Wildman–Crippen LogP) is -0.348. The summed E-state index contributed by atoms with van der Waals surface area (Å²) in [6.45, 7) is 0.145. The highest BCUT2D eigenvalue weighted by Crippen LogP contribution is 2.01. The maximum Gasteiger partial charge on any atom is 0.320 e. The number of aliphatic hydroxyl groups is 1. The first-order valence-corrected chi connectivity index (χ1v) is 4.09. The van der Waals surface area contributed by atoms with Gasteiger partial charge in [-0.1, -0.05) is 4.49 Å². The summed E-state index contributed by atoms with van der Waals surface area (Å²) in [4.78, 5) is 10.9. The van der Waals surface area contributed by atoms with Crippen LogP contribution in [0.4, 0.5) is 10.6 Å². The van der Waals surface area contributed by atoms with Crippen molar-refractivity contribution in [2.45, 2.75) is 0 Å². The number of urea groups is 1. The molecule has 0 radical (unpaired) electrons. The average Bonchev–Trinajstić information content (AvgIpc) is 2.53. The minimum atomic E-state index is -0.392. The van der Waals surface area contributed by atoms with E-state index in [0.717, 1.165) is 11.5 Å². The number of hydrogen-bond acceptors (Lipinski definition) is 5. The quantitative estimate of drug-likeness (QED) is 0.605. The molecule has 0 aliphatic rings. The van der Waals surface area contributed by atoms with Crippen molar-refractivity contribution in [3.05, 3.63) is 5.38 Å². The van der Waals surface area contributed by atoms with Gasteiger partial charge in [0, 0.05) is 6.54 Å². The second-order valence-electron chi connectivity index (χ2n) is 1.89. The highest BCUT2D eigenvalue weighted by molar-refractivity contribution is 7.03. The van der Waals surface area contributed by atoms with Crippen molar-refractivity contribution in [3.63, 3.8) is 0 Å². The van der Waals surface area contributed by atoms with Gasteiger partial charge in [-0.15, -0.1) is 5.10 Å². The van der Waals surface area contributed by atoms with Gasteiger partial charge in [-0.3, -0.25) is 5.32 Å². The Hall–Kier alpha value is -1.21. The van der Waals surface area contributed by atoms with Crippen LogP contribution < -0.4 is 10.6 Å². The highest BCUT2D eigenvalue weighted by atomic mass is 32.1. The van der Waals surface area contributed by atoms with E-state index in [2.05, 4.69) is 20.2 Å². The second kappa shape index (κ2) is 4.62. The number of carbonyl (C=O) groups excluding carboxylic acids is 1. The zero-order valence-corrected chi connectivity index (χ0v) is 6.97. The zero-order valence-electron chi connectivity index (χ0n) is 6.15. The summed E-state index contributed by atoms with van der Waals surface area (Å²) in [6, 6.07) is -0.392. The Labute approximate surface area is 72.8 Å². The van der Waals surface area contributed by atoms with Crippen LogP contribution in [0.5, 0.6) is 0 Å². The summed E-state index contributed by atoms with van der Waals surface area (Å²) in [6.07, 6.45) is 0. The third-order valence-electron chi connectivity index (χ3n) is 0.999. The van der Waals surface area contributed by atoms with Crippen molar-refractivity contribution >= 4 is 23.4 Å². The van der Waals surface area contributed by atoms with Gasteiger partial charge in [-0.25, -0.2) is 4.79 Å². The van der Waals surface area contributed by atoms with E-state index in [0.29, 0.717) is 5.82 Å². The fourth-order valence-corrected chi connectivity index (χ4v) is 0.937. The number of nitrogens with zero attached hydrogens (tertiary/aromatic N) is 2. The second-order valence-corrected chi connectivity index (χ2v) is 2.50. The third kappa shape index (κ3) is 2.81. The first-order valence-electron chi connectivity index (χ1n) is 3.25. The van der Waals surface area contributed by atoms with Gasteiger partial charge in [0.2, 0.25) is 0 Å². The lowest BCUT2D eigenvalue weighted by Crippen LogP contribution is -2.31. The van der Waals surface area contributed by atoms with Crippen molar-refractivity contribution in [1.82, 2.24) is 14.9 Å². The van der Waals surface area contributed by atoms with Gasteiger partial charge in [0.15, 0.2) is 5.82 Å². The van der Waals surface area contributed by atoms with Crippen LogP contribution in [0.3, 0.4) is 0 Å². The van der Waals surface area contributed by atoms with E-state index in [1.54, 1.807) is 5.38 Å². The van der Waals surface area contributed by atoms with Crippen LogP contribution in [0.1, 0.15) is 0 Å². The molecule has 0 fully saturated rings. The first kappa shape index (κ1) is 8.88. The van der Waals surface area contributed by atoms with E-state index in [4.69, 9.17) is 5.11 Å². The lowest BCUT2D eigenvalue weighted by molar-refractivity contribution is 0.244. The number of nitrogens with one attached hydrogen (secondary N) is 2. The topological polar surface area (TPSA) is 87.1 Å². The predicted molar refractivity (Wildman–Crippen MR) is 44.0 cm³/mol. The van der Waals surface area contributed by atoms with Gasteiger partial charge >= 0.3 is 6.03 Å². The molecule has 0 aliphatic carbocycles. The Morgan fingerprint density at radius 3 is 3.17 bits per heavy atom. The summed E-state index contributed by atoms with van der Waals surface area (Å²) in [5, 5.41) is 18.4. The van der Waals surface area contributed by atoms with Gasteiger partial charge < -0.3 is 10.4 Å². The fourth-order valence-electron chi connectivity index (χ4n) is 0.549. The van der Waals surface area contributed by atoms with Gasteiger partial charge in [-0.05, 0) is 11.5 Å². The molecule has 0 aromatic carbocycles. The van der Waals surface area contributed by atoms with E-state index in [9.17, 15) is 4.79 Å². The number of rotatable bonds is 3. The van der Waals surface area contributed by atoms with Crippen molar-refractivity contribution in [2.75, 3.05) is 18.5 Å². The van der Waals surface area contributed by atoms with Crippen LogP contribution in [-0.2, 0) is 0 Å². The van der Waals surface area contributed by atoms with Gasteiger partial charge in [0.05, 0.1) is 12.0 Å². The smallest absolute Gasteiger partial charge is 0.320 e. The van der Waals surface area contributed by atoms with Crippen molar-refractivity contribution in [2.24, 2.45) is 0 Å². The van der Waals surface area contributed by atoms with Crippen LogP contribution >= 0.6 is 11.5 Å². The van der Waals surface area contributed by atoms with Crippen LogP contribution in [-0.4, -0.2) is 33.9 Å². The molecule has 7 heteroatoms. The van der Waals surface area contributed by atoms with E-state index < -0.39 is 6.03 Å². The summed E-state index contributed by atoms with van der Waals surface area (Å²) in [5.41, 5.74) is 0. The van der Waals surface area contributed by atoms with Gasteiger partial charge in [0.25, 0.3) is 0 Å². The molecule has 66 valence electrons. The molecule has 3 N–H and O–H groups in total. The third-order valence-corrected chi connectivity index (χ3v) is 1.50. The largest absolute Gasteiger partial charge is 0.395 e. The van der Waals surface area contributed by atoms with E-state index >= 15 is 0 Å². The van der Waals surface area contributed by atoms with Crippen LogP contribution in [0.2, 0.25) is 0 Å². The zero-order chi connectivity index (χ0) is 8.81. The Bertz CT molecular complexity index is 238. The molecule has 0 aliphatic heterocycles. The maximum absolute atomic E-state index is 10.9. The summed E-state index contributed by atoms with van der Waals surface area (Å²) in [7, 11) is 0. The monoisotopic (exact) mass is 188 g/mol. The average molecular weight is 188 g/mol. The molecule has 0 spiro atoms. The molecule has 2 amide bonds. The molecule has 6 nitrogen and oxygen atoms in total. The number of carbonyl (C=O) groups is 1. The number of aromatic nitrogens is 2. The molecule has 12 heavy (non-hydrogen) atoms. The molecule has 0 atom stereocenters. The molecule has 1 heterocycles. The minimum Gasteiger partial charge on any atom is -0.395 e. The van der Waals surface area contributed by atoms with E-state index in [1.807, 2.05) is 0 Å². The van der Waals surface area contributed by atoms with Crippen molar-refractivity contribution in [1.29, 1.82) is 0 Å². The Balaban J connectivity index is 2.27. The molecule has 1 aromatic heterocycles. The van der Waals surface area contributed by atoms with Crippen LogP contribution in [0.15, 0.2) is 5.38 Å². The Kier molecular flexibility index (Phi) is 3.42. The van der Waals surface area contributed by atoms with E-state index in [-0.39, 0.29) is 13.2 Å². The molecule has 0 unspecified atom stereocenters. The van der Waals surface area contributed by atoms with Crippen molar-refractivity contribution in [3.8, 4) is 0 Å². The van der Waals surface area contributed by atoms with Crippen molar-refractivity contribution < 1.29 is 9.90 Å². The standard InChI is InChI=1S/C5H8N4O2S/c10-2-1-6-5(11)7-4-3-12-9-8-4/h3,10H,1-2H2,(H2,6,7,11). The molecule has 0 saturated carbocycles. The minimum absolute atomic E-state index is 0.0806.